The van der Waals surface area contributed by atoms with E-state index in [1.165, 1.54) is 0 Å². The number of carbonyl (C=O) groups excluding carboxylic acids is 1. The van der Waals surface area contributed by atoms with Crippen molar-refractivity contribution in [1.82, 2.24) is 10.6 Å². The van der Waals surface area contributed by atoms with E-state index in [9.17, 15) is 4.79 Å². The van der Waals surface area contributed by atoms with Crippen molar-refractivity contribution in [3.8, 4) is 5.75 Å². The predicted octanol–water partition coefficient (Wildman–Crippen LogP) is 2.40. The second-order valence-electron chi connectivity index (χ2n) is 4.79. The highest BCUT2D eigenvalue weighted by Crippen LogP contribution is 2.23. The van der Waals surface area contributed by atoms with Crippen LogP contribution in [0.25, 0.3) is 0 Å². The molecule has 0 saturated heterocycles. The van der Waals surface area contributed by atoms with E-state index in [1.54, 1.807) is 0 Å². The number of aryl methyl sites for hydroxylation is 1. The van der Waals surface area contributed by atoms with Crippen molar-refractivity contribution in [2.24, 2.45) is 0 Å². The van der Waals surface area contributed by atoms with Gasteiger partial charge in [-0.1, -0.05) is 25.1 Å². The van der Waals surface area contributed by atoms with Crippen LogP contribution in [0.1, 0.15) is 37.8 Å². The fourth-order valence-electron chi connectivity index (χ4n) is 1.99. The van der Waals surface area contributed by atoms with Crippen LogP contribution in [0.4, 0.5) is 0 Å². The predicted molar refractivity (Wildman–Crippen MR) is 82.0 cm³/mol. The number of ether oxygens (including phenoxy) is 1. The van der Waals surface area contributed by atoms with Crippen LogP contribution >= 0.6 is 0 Å². The number of para-hydroxylation sites is 1. The van der Waals surface area contributed by atoms with Gasteiger partial charge in [-0.25, -0.2) is 0 Å². The molecule has 0 atom stereocenters. The van der Waals surface area contributed by atoms with Crippen LogP contribution in [0, 0.1) is 6.92 Å². The normalized spacial score (nSPS) is 10.3. The largest absolute Gasteiger partial charge is 0.492 e. The van der Waals surface area contributed by atoms with Crippen LogP contribution in [-0.4, -0.2) is 25.6 Å². The lowest BCUT2D eigenvalue weighted by atomic mass is 10.1. The molecule has 1 rings (SSSR count). The summed E-state index contributed by atoms with van der Waals surface area (Å²) in [5, 5.41) is 6.15. The van der Waals surface area contributed by atoms with Crippen molar-refractivity contribution in [3.63, 3.8) is 0 Å². The first-order chi connectivity index (χ1) is 9.69. The molecule has 20 heavy (non-hydrogen) atoms. The van der Waals surface area contributed by atoms with Crippen LogP contribution in [0.15, 0.2) is 18.2 Å². The summed E-state index contributed by atoms with van der Waals surface area (Å²) in [5.74, 6) is 0.937. The summed E-state index contributed by atoms with van der Waals surface area (Å²) in [6.45, 7) is 8.96. The fourth-order valence-corrected chi connectivity index (χ4v) is 1.99. The highest BCUT2D eigenvalue weighted by atomic mass is 16.5. The van der Waals surface area contributed by atoms with E-state index < -0.39 is 0 Å². The number of rotatable bonds is 9. The molecule has 0 spiro atoms. The molecule has 0 saturated carbocycles. The van der Waals surface area contributed by atoms with Crippen molar-refractivity contribution in [3.05, 3.63) is 29.3 Å². The van der Waals surface area contributed by atoms with Gasteiger partial charge in [0.25, 0.3) is 0 Å². The molecule has 2 N–H and O–H groups in total. The highest BCUT2D eigenvalue weighted by Gasteiger charge is 2.08. The Morgan fingerprint density at radius 2 is 2.10 bits per heavy atom. The number of hydrogen-bond acceptors (Lipinski definition) is 3. The maximum absolute atomic E-state index is 11.4. The van der Waals surface area contributed by atoms with Crippen LogP contribution in [0.5, 0.6) is 5.75 Å². The third-order valence-electron chi connectivity index (χ3n) is 2.99. The van der Waals surface area contributed by atoms with E-state index >= 15 is 0 Å². The molecule has 0 radical (unpaired) electrons. The summed E-state index contributed by atoms with van der Waals surface area (Å²) in [6, 6.07) is 6.14. The Labute approximate surface area is 121 Å². The quantitative estimate of drug-likeness (QED) is 0.682. The molecule has 112 valence electrons. The number of hydrogen-bond donors (Lipinski definition) is 2. The molecule has 0 unspecified atom stereocenters. The average Bonchev–Trinajstić information content (AvgIpc) is 2.42. The van der Waals surface area contributed by atoms with Crippen LogP contribution < -0.4 is 15.4 Å². The number of benzene rings is 1. The zero-order valence-corrected chi connectivity index (χ0v) is 12.8. The standard InChI is InChI=1S/C16H26N2O2/c1-4-10-17-12-14-8-6-7-13(3)16(14)20-11-9-15(19)18-5-2/h6-8,17H,4-5,9-12H2,1-3H3,(H,18,19). The van der Waals surface area contributed by atoms with Crippen molar-refractivity contribution >= 4 is 5.91 Å². The van der Waals surface area contributed by atoms with Gasteiger partial charge in [-0.2, -0.15) is 0 Å². The minimum absolute atomic E-state index is 0.0340. The van der Waals surface area contributed by atoms with Gasteiger partial charge >= 0.3 is 0 Å². The molecular weight excluding hydrogens is 252 g/mol. The molecule has 0 heterocycles. The molecule has 4 heteroatoms. The van der Waals surface area contributed by atoms with Crippen molar-refractivity contribution in [2.75, 3.05) is 19.7 Å². The van der Waals surface area contributed by atoms with Crippen LogP contribution in [-0.2, 0) is 11.3 Å². The van der Waals surface area contributed by atoms with Gasteiger partial charge in [0.1, 0.15) is 5.75 Å². The van der Waals surface area contributed by atoms with Gasteiger partial charge in [0.05, 0.1) is 13.0 Å². The Morgan fingerprint density at radius 3 is 2.80 bits per heavy atom. The Morgan fingerprint density at radius 1 is 1.30 bits per heavy atom. The lowest BCUT2D eigenvalue weighted by Gasteiger charge is -2.14. The molecule has 1 aromatic carbocycles. The van der Waals surface area contributed by atoms with Crippen molar-refractivity contribution in [1.29, 1.82) is 0 Å². The number of amides is 1. The van der Waals surface area contributed by atoms with E-state index in [2.05, 4.69) is 23.6 Å². The summed E-state index contributed by atoms with van der Waals surface area (Å²) < 4.78 is 5.81. The molecule has 0 aliphatic carbocycles. The fraction of sp³-hybridized carbons (Fsp3) is 0.562. The number of nitrogens with one attached hydrogen (secondary N) is 2. The first-order valence-corrected chi connectivity index (χ1v) is 7.37. The van der Waals surface area contributed by atoms with Gasteiger partial charge in [-0.3, -0.25) is 4.79 Å². The molecule has 0 fully saturated rings. The van der Waals surface area contributed by atoms with Gasteiger partial charge in [0, 0.05) is 18.7 Å². The van der Waals surface area contributed by atoms with Crippen molar-refractivity contribution in [2.45, 2.75) is 40.2 Å². The Kier molecular flexibility index (Phi) is 7.73. The lowest BCUT2D eigenvalue weighted by Crippen LogP contribution is -2.24. The zero-order chi connectivity index (χ0) is 14.8. The van der Waals surface area contributed by atoms with Crippen LogP contribution in [0.2, 0.25) is 0 Å². The average molecular weight is 278 g/mol. The summed E-state index contributed by atoms with van der Waals surface area (Å²) >= 11 is 0. The van der Waals surface area contributed by atoms with E-state index in [1.807, 2.05) is 26.0 Å². The maximum Gasteiger partial charge on any atom is 0.223 e. The summed E-state index contributed by atoms with van der Waals surface area (Å²) in [5.41, 5.74) is 2.26. The molecule has 0 aliphatic rings. The maximum atomic E-state index is 11.4. The minimum Gasteiger partial charge on any atom is -0.492 e. The summed E-state index contributed by atoms with van der Waals surface area (Å²) in [6.07, 6.45) is 1.50. The van der Waals surface area contributed by atoms with Crippen LogP contribution in [0.3, 0.4) is 0 Å². The minimum atomic E-state index is 0.0340. The Hall–Kier alpha value is -1.55. The van der Waals surface area contributed by atoms with Crippen molar-refractivity contribution < 1.29 is 9.53 Å². The first kappa shape index (κ1) is 16.5. The zero-order valence-electron chi connectivity index (χ0n) is 12.8. The van der Waals surface area contributed by atoms with Gasteiger partial charge in [-0.05, 0) is 32.4 Å². The van der Waals surface area contributed by atoms with Gasteiger partial charge < -0.3 is 15.4 Å². The Bertz CT molecular complexity index is 419. The molecule has 0 aromatic heterocycles. The molecule has 4 nitrogen and oxygen atoms in total. The molecule has 0 bridgehead atoms. The molecule has 1 aromatic rings. The van der Waals surface area contributed by atoms with Gasteiger partial charge in [0.15, 0.2) is 0 Å². The summed E-state index contributed by atoms with van der Waals surface area (Å²) in [7, 11) is 0. The third kappa shape index (κ3) is 5.61. The second kappa shape index (κ2) is 9.37. The smallest absolute Gasteiger partial charge is 0.223 e. The van der Waals surface area contributed by atoms with Gasteiger partial charge in [-0.15, -0.1) is 0 Å². The monoisotopic (exact) mass is 278 g/mol. The molecule has 1 amide bonds. The lowest BCUT2D eigenvalue weighted by molar-refractivity contribution is -0.121. The highest BCUT2D eigenvalue weighted by molar-refractivity contribution is 5.75. The molecular formula is C16H26N2O2. The SMILES string of the molecule is CCCNCc1cccc(C)c1OCCC(=O)NCC. The van der Waals surface area contributed by atoms with E-state index in [0.717, 1.165) is 36.4 Å². The van der Waals surface area contributed by atoms with Gasteiger partial charge in [0.2, 0.25) is 5.91 Å². The Balaban J connectivity index is 2.56. The third-order valence-corrected chi connectivity index (χ3v) is 2.99. The van der Waals surface area contributed by atoms with E-state index in [4.69, 9.17) is 4.74 Å². The second-order valence-corrected chi connectivity index (χ2v) is 4.79. The molecule has 0 aliphatic heterocycles. The topological polar surface area (TPSA) is 50.4 Å². The number of carbonyl (C=O) groups is 1. The first-order valence-electron chi connectivity index (χ1n) is 7.37. The summed E-state index contributed by atoms with van der Waals surface area (Å²) in [4.78, 5) is 11.4. The van der Waals surface area contributed by atoms with E-state index in [0.29, 0.717) is 19.6 Å². The van der Waals surface area contributed by atoms with E-state index in [-0.39, 0.29) is 5.91 Å².